The van der Waals surface area contributed by atoms with Crippen molar-refractivity contribution in [2.45, 2.75) is 0 Å². The van der Waals surface area contributed by atoms with Gasteiger partial charge in [0.25, 0.3) is 0 Å². The van der Waals surface area contributed by atoms with Gasteiger partial charge in [-0.2, -0.15) is 0 Å². The van der Waals surface area contributed by atoms with E-state index < -0.39 is 0 Å². The summed E-state index contributed by atoms with van der Waals surface area (Å²) in [6, 6.07) is 70.4. The number of benzene rings is 8. The van der Waals surface area contributed by atoms with Crippen molar-refractivity contribution >= 4 is 70.4 Å². The van der Waals surface area contributed by atoms with Gasteiger partial charge in [0.05, 0.1) is 16.7 Å². The molecule has 10 rings (SSSR count). The maximum absolute atomic E-state index is 2.44. The predicted octanol–water partition coefficient (Wildman–Crippen LogP) is 14.0. The van der Waals surface area contributed by atoms with Crippen LogP contribution in [0.2, 0.25) is 0 Å². The lowest BCUT2D eigenvalue weighted by Crippen LogP contribution is -2.11. The van der Waals surface area contributed by atoms with Gasteiger partial charge in [-0.05, 0) is 77.4 Å². The number of anilines is 3. The van der Waals surface area contributed by atoms with Crippen LogP contribution in [0.15, 0.2) is 194 Å². The molecule has 0 saturated heterocycles. The average molecular weight is 669 g/mol. The number of hydrogen-bond donors (Lipinski definition) is 0. The molecule has 3 heteroatoms. The highest BCUT2D eigenvalue weighted by molar-refractivity contribution is 7.25. The normalized spacial score (nSPS) is 11.5. The molecule has 0 aliphatic heterocycles. The van der Waals surface area contributed by atoms with Crippen LogP contribution in [0, 0.1) is 0 Å². The van der Waals surface area contributed by atoms with Gasteiger partial charge >= 0.3 is 0 Å². The van der Waals surface area contributed by atoms with Crippen LogP contribution in [0.3, 0.4) is 0 Å². The van der Waals surface area contributed by atoms with Crippen molar-refractivity contribution in [1.29, 1.82) is 0 Å². The number of nitrogens with zero attached hydrogens (tertiary/aromatic N) is 2. The van der Waals surface area contributed by atoms with E-state index in [1.807, 2.05) is 11.3 Å². The number of rotatable bonds is 6. The second-order valence-corrected chi connectivity index (χ2v) is 14.0. The summed E-state index contributed by atoms with van der Waals surface area (Å²) in [5.74, 6) is 0. The second-order valence-electron chi connectivity index (χ2n) is 12.9. The predicted molar refractivity (Wildman–Crippen MR) is 219 cm³/mol. The largest absolute Gasteiger partial charge is 0.310 e. The maximum Gasteiger partial charge on any atom is 0.0562 e. The summed E-state index contributed by atoms with van der Waals surface area (Å²) in [7, 11) is 0. The minimum atomic E-state index is 1.10. The Morgan fingerprint density at radius 3 is 1.80 bits per heavy atom. The Bertz CT molecular complexity index is 2850. The molecule has 51 heavy (non-hydrogen) atoms. The van der Waals surface area contributed by atoms with E-state index in [0.717, 1.165) is 22.7 Å². The van der Waals surface area contributed by atoms with Crippen LogP contribution >= 0.6 is 11.3 Å². The van der Waals surface area contributed by atoms with Gasteiger partial charge in [-0.1, -0.05) is 133 Å². The molecule has 240 valence electrons. The molecule has 0 atom stereocenters. The van der Waals surface area contributed by atoms with E-state index in [1.54, 1.807) is 0 Å². The Labute approximate surface area is 300 Å². The van der Waals surface area contributed by atoms with Crippen molar-refractivity contribution < 1.29 is 0 Å². The molecule has 0 N–H and O–H groups in total. The summed E-state index contributed by atoms with van der Waals surface area (Å²) in [4.78, 5) is 2.44. The smallest absolute Gasteiger partial charge is 0.0562 e. The highest BCUT2D eigenvalue weighted by Crippen LogP contribution is 2.46. The maximum atomic E-state index is 2.44. The standard InChI is InChI=1S/C48H32N2S/c1-4-15-33(16-5-1)38-21-10-12-24-43(38)49(36-28-30-47-42(31-36)40-22-11-13-26-46(40)51-47)37-27-29-41-45(32-37)50(35-19-8-3-9-20-35)44-25-14-23-39(48(41)44)34-17-6-2-7-18-34/h1-32H. The summed E-state index contributed by atoms with van der Waals surface area (Å²) in [5, 5.41) is 5.06. The quantitative estimate of drug-likeness (QED) is 0.171. The number of hydrogen-bond acceptors (Lipinski definition) is 2. The molecule has 2 heterocycles. The Morgan fingerprint density at radius 2 is 1.00 bits per heavy atom. The molecule has 0 fully saturated rings. The van der Waals surface area contributed by atoms with E-state index in [2.05, 4.69) is 204 Å². The van der Waals surface area contributed by atoms with Gasteiger partial charge in [-0.3, -0.25) is 0 Å². The van der Waals surface area contributed by atoms with Gasteiger partial charge < -0.3 is 9.47 Å². The monoisotopic (exact) mass is 668 g/mol. The molecule has 2 nitrogen and oxygen atoms in total. The van der Waals surface area contributed by atoms with Gasteiger partial charge in [-0.15, -0.1) is 11.3 Å². The zero-order chi connectivity index (χ0) is 33.7. The second kappa shape index (κ2) is 12.2. The number of fused-ring (bicyclic) bond motifs is 6. The van der Waals surface area contributed by atoms with E-state index in [0.29, 0.717) is 0 Å². The summed E-state index contributed by atoms with van der Waals surface area (Å²) in [6.07, 6.45) is 0. The fraction of sp³-hybridized carbons (Fsp3) is 0. The highest BCUT2D eigenvalue weighted by atomic mass is 32.1. The summed E-state index contributed by atoms with van der Waals surface area (Å²) < 4.78 is 5.03. The lowest BCUT2D eigenvalue weighted by atomic mass is 9.99. The van der Waals surface area contributed by atoms with Crippen molar-refractivity contribution in [2.24, 2.45) is 0 Å². The van der Waals surface area contributed by atoms with E-state index in [4.69, 9.17) is 0 Å². The fourth-order valence-electron chi connectivity index (χ4n) is 7.72. The molecular weight excluding hydrogens is 637 g/mol. The first-order valence-electron chi connectivity index (χ1n) is 17.4. The first-order valence-corrected chi connectivity index (χ1v) is 18.2. The van der Waals surface area contributed by atoms with E-state index >= 15 is 0 Å². The van der Waals surface area contributed by atoms with Gasteiger partial charge in [0, 0.05) is 53.6 Å². The number of aromatic nitrogens is 1. The molecule has 0 unspecified atom stereocenters. The Hall–Kier alpha value is -6.42. The minimum Gasteiger partial charge on any atom is -0.310 e. The third kappa shape index (κ3) is 4.93. The van der Waals surface area contributed by atoms with Gasteiger partial charge in [0.1, 0.15) is 0 Å². The van der Waals surface area contributed by atoms with Crippen molar-refractivity contribution in [3.05, 3.63) is 194 Å². The van der Waals surface area contributed by atoms with Gasteiger partial charge in [0.2, 0.25) is 0 Å². The molecule has 2 aromatic heterocycles. The molecule has 10 aromatic rings. The molecule has 0 bridgehead atoms. The fourth-order valence-corrected chi connectivity index (χ4v) is 8.81. The third-order valence-electron chi connectivity index (χ3n) is 9.98. The van der Waals surface area contributed by atoms with E-state index in [9.17, 15) is 0 Å². The first-order chi connectivity index (χ1) is 25.3. The molecular formula is C48H32N2S. The Balaban J connectivity index is 1.28. The van der Waals surface area contributed by atoms with E-state index in [1.165, 1.54) is 64.2 Å². The molecule has 8 aromatic carbocycles. The van der Waals surface area contributed by atoms with Crippen LogP contribution in [0.25, 0.3) is 69.9 Å². The van der Waals surface area contributed by atoms with Crippen molar-refractivity contribution in [3.8, 4) is 27.9 Å². The van der Waals surface area contributed by atoms with Gasteiger partial charge in [-0.25, -0.2) is 0 Å². The van der Waals surface area contributed by atoms with Crippen molar-refractivity contribution in [1.82, 2.24) is 4.57 Å². The van der Waals surface area contributed by atoms with Crippen molar-refractivity contribution in [2.75, 3.05) is 4.90 Å². The highest BCUT2D eigenvalue weighted by Gasteiger charge is 2.22. The molecule has 0 aliphatic carbocycles. The Kier molecular flexibility index (Phi) is 7.04. The molecule has 0 aliphatic rings. The third-order valence-corrected chi connectivity index (χ3v) is 11.1. The molecule has 0 spiro atoms. The van der Waals surface area contributed by atoms with Crippen LogP contribution in [0.4, 0.5) is 17.1 Å². The lowest BCUT2D eigenvalue weighted by molar-refractivity contribution is 1.18. The topological polar surface area (TPSA) is 8.17 Å². The zero-order valence-electron chi connectivity index (χ0n) is 27.8. The summed E-state index contributed by atoms with van der Waals surface area (Å²) in [6.45, 7) is 0. The number of para-hydroxylation sites is 2. The Morgan fingerprint density at radius 1 is 0.392 bits per heavy atom. The molecule has 0 amide bonds. The van der Waals surface area contributed by atoms with Crippen LogP contribution in [0.5, 0.6) is 0 Å². The van der Waals surface area contributed by atoms with Gasteiger partial charge in [0.15, 0.2) is 0 Å². The van der Waals surface area contributed by atoms with Crippen LogP contribution in [-0.4, -0.2) is 4.57 Å². The SMILES string of the molecule is c1ccc(-c2ccccc2N(c2ccc3sc4ccccc4c3c2)c2ccc3c4c(-c5ccccc5)cccc4n(-c4ccccc4)c3c2)cc1. The summed E-state index contributed by atoms with van der Waals surface area (Å²) in [5.41, 5.74) is 11.7. The average Bonchev–Trinajstić information content (AvgIpc) is 3.74. The lowest BCUT2D eigenvalue weighted by Gasteiger charge is -2.28. The zero-order valence-corrected chi connectivity index (χ0v) is 28.6. The first kappa shape index (κ1) is 29.5. The molecule has 0 radical (unpaired) electrons. The minimum absolute atomic E-state index is 1.10. The van der Waals surface area contributed by atoms with Crippen molar-refractivity contribution in [3.63, 3.8) is 0 Å². The summed E-state index contributed by atoms with van der Waals surface area (Å²) >= 11 is 1.86. The number of thiophene rings is 1. The van der Waals surface area contributed by atoms with E-state index in [-0.39, 0.29) is 0 Å². The molecule has 0 saturated carbocycles. The van der Waals surface area contributed by atoms with Crippen LogP contribution in [-0.2, 0) is 0 Å². The van der Waals surface area contributed by atoms with Crippen LogP contribution < -0.4 is 4.90 Å². The van der Waals surface area contributed by atoms with Crippen LogP contribution in [0.1, 0.15) is 0 Å².